The molecule has 1 saturated heterocycles. The summed E-state index contributed by atoms with van der Waals surface area (Å²) in [5.74, 6) is -0.309. The lowest BCUT2D eigenvalue weighted by molar-refractivity contribution is -0.153. The van der Waals surface area contributed by atoms with Gasteiger partial charge in [0.15, 0.2) is 11.5 Å². The van der Waals surface area contributed by atoms with E-state index in [1.165, 1.54) is 31.0 Å². The molecular weight excluding hydrogens is 488 g/mol. The number of nitrogens with zero attached hydrogens (tertiary/aromatic N) is 1. The van der Waals surface area contributed by atoms with Gasteiger partial charge in [-0.2, -0.15) is 0 Å². The van der Waals surface area contributed by atoms with Crippen molar-refractivity contribution >= 4 is 17.8 Å². The Morgan fingerprint density at radius 1 is 1.16 bits per heavy atom. The maximum Gasteiger partial charge on any atom is 0.328 e. The second-order valence-electron chi connectivity index (χ2n) is 12.1. The number of aliphatic hydroxyl groups excluding tert-OH is 1. The van der Waals surface area contributed by atoms with Gasteiger partial charge in [0.05, 0.1) is 6.61 Å². The summed E-state index contributed by atoms with van der Waals surface area (Å²) in [6.45, 7) is 8.21. The Morgan fingerprint density at radius 3 is 2.61 bits per heavy atom. The number of phenols is 2. The topological polar surface area (TPSA) is 136 Å². The van der Waals surface area contributed by atoms with Crippen molar-refractivity contribution in [3.05, 3.63) is 23.8 Å². The van der Waals surface area contributed by atoms with Crippen LogP contribution in [0.5, 0.6) is 11.5 Å². The number of aromatic hydroxyl groups is 2. The molecule has 5 atom stereocenters. The molecule has 5 unspecified atom stereocenters. The average molecular weight is 531 g/mol. The van der Waals surface area contributed by atoms with Crippen molar-refractivity contribution < 1.29 is 34.4 Å². The molecule has 1 aromatic carbocycles. The fourth-order valence-electron chi connectivity index (χ4n) is 7.11. The molecule has 3 aliphatic rings. The first-order chi connectivity index (χ1) is 18.0. The van der Waals surface area contributed by atoms with Crippen LogP contribution in [0.2, 0.25) is 0 Å². The highest BCUT2D eigenvalue weighted by atomic mass is 16.5. The fourth-order valence-corrected chi connectivity index (χ4v) is 7.11. The van der Waals surface area contributed by atoms with Crippen LogP contribution in [0.4, 0.5) is 0 Å². The summed E-state index contributed by atoms with van der Waals surface area (Å²) >= 11 is 0. The molecule has 38 heavy (non-hydrogen) atoms. The van der Waals surface area contributed by atoms with Crippen molar-refractivity contribution in [3.8, 4) is 11.5 Å². The van der Waals surface area contributed by atoms with Crippen molar-refractivity contribution in [1.29, 1.82) is 0 Å². The highest BCUT2D eigenvalue weighted by Gasteiger charge is 2.72. The van der Waals surface area contributed by atoms with E-state index in [1.807, 2.05) is 0 Å². The predicted molar refractivity (Wildman–Crippen MR) is 140 cm³/mol. The van der Waals surface area contributed by atoms with E-state index in [4.69, 9.17) is 4.74 Å². The van der Waals surface area contributed by atoms with Gasteiger partial charge in [0.1, 0.15) is 12.1 Å². The smallest absolute Gasteiger partial charge is 0.328 e. The monoisotopic (exact) mass is 530 g/mol. The first-order valence-electron chi connectivity index (χ1n) is 13.9. The minimum absolute atomic E-state index is 0.0192. The Morgan fingerprint density at radius 2 is 1.92 bits per heavy atom. The van der Waals surface area contributed by atoms with Crippen molar-refractivity contribution in [2.45, 2.75) is 84.3 Å². The predicted octanol–water partition coefficient (Wildman–Crippen LogP) is 2.89. The van der Waals surface area contributed by atoms with Crippen LogP contribution in [0.15, 0.2) is 18.2 Å². The molecule has 0 radical (unpaired) electrons. The summed E-state index contributed by atoms with van der Waals surface area (Å²) < 4.78 is 5.64. The van der Waals surface area contributed by atoms with Gasteiger partial charge < -0.3 is 30.3 Å². The van der Waals surface area contributed by atoms with Gasteiger partial charge in [0, 0.05) is 25.9 Å². The number of likely N-dealkylation sites (tertiary alicyclic amines) is 1. The van der Waals surface area contributed by atoms with Crippen LogP contribution in [0.3, 0.4) is 0 Å². The third-order valence-corrected chi connectivity index (χ3v) is 9.57. The minimum atomic E-state index is -1.32. The Balaban J connectivity index is 1.14. The van der Waals surface area contributed by atoms with Crippen molar-refractivity contribution in [2.24, 2.45) is 22.7 Å². The maximum atomic E-state index is 12.8. The van der Waals surface area contributed by atoms with Crippen LogP contribution in [0.1, 0.15) is 71.3 Å². The van der Waals surface area contributed by atoms with Gasteiger partial charge in [0.2, 0.25) is 11.8 Å². The van der Waals surface area contributed by atoms with Gasteiger partial charge in [-0.05, 0) is 78.9 Å². The zero-order chi connectivity index (χ0) is 27.7. The van der Waals surface area contributed by atoms with Crippen molar-refractivity contribution in [2.75, 3.05) is 19.7 Å². The number of carbonyl (C=O) groups is 3. The molecule has 0 spiro atoms. The molecule has 1 aromatic rings. The van der Waals surface area contributed by atoms with Crippen molar-refractivity contribution in [3.63, 3.8) is 0 Å². The van der Waals surface area contributed by atoms with Crippen LogP contribution in [-0.4, -0.2) is 69.8 Å². The molecule has 9 nitrogen and oxygen atoms in total. The van der Waals surface area contributed by atoms with Crippen molar-refractivity contribution in [1.82, 2.24) is 10.2 Å². The molecule has 9 heteroatoms. The Kier molecular flexibility index (Phi) is 8.26. The molecule has 210 valence electrons. The molecule has 0 aromatic heterocycles. The SMILES string of the molecule is CC1(C)C2C(CCOC(=O)C3CCCN3C(=O)CCCNC(=O)C(O)Cc3ccc(O)c(O)c3)CCC21C. The lowest BCUT2D eigenvalue weighted by Gasteiger charge is -2.24. The molecule has 4 N–H and O–H groups in total. The van der Waals surface area contributed by atoms with E-state index in [0.29, 0.717) is 54.2 Å². The van der Waals surface area contributed by atoms with E-state index < -0.39 is 18.1 Å². The number of carbonyl (C=O) groups excluding carboxylic acids is 3. The number of fused-ring (bicyclic) bond motifs is 1. The van der Waals surface area contributed by atoms with E-state index in [-0.39, 0.29) is 42.8 Å². The molecule has 0 bridgehead atoms. The van der Waals surface area contributed by atoms with E-state index in [9.17, 15) is 29.7 Å². The molecule has 1 aliphatic heterocycles. The number of hydrogen-bond acceptors (Lipinski definition) is 7. The molecule has 4 rings (SSSR count). The molecule has 3 fully saturated rings. The average Bonchev–Trinajstić information content (AvgIpc) is 3.28. The van der Waals surface area contributed by atoms with Crippen LogP contribution >= 0.6 is 0 Å². The first kappa shape index (κ1) is 28.2. The molecular formula is C29H42N2O7. The summed E-state index contributed by atoms with van der Waals surface area (Å²) in [7, 11) is 0. The van der Waals surface area contributed by atoms with Crippen LogP contribution in [0, 0.1) is 22.7 Å². The summed E-state index contributed by atoms with van der Waals surface area (Å²) in [4.78, 5) is 39.3. The molecule has 2 amide bonds. The van der Waals surface area contributed by atoms with E-state index in [0.717, 1.165) is 12.8 Å². The van der Waals surface area contributed by atoms with E-state index in [2.05, 4.69) is 26.1 Å². The van der Waals surface area contributed by atoms with Crippen LogP contribution in [-0.2, 0) is 25.5 Å². The van der Waals surface area contributed by atoms with E-state index >= 15 is 0 Å². The number of amides is 2. The normalized spacial score (nSPS) is 28.0. The zero-order valence-corrected chi connectivity index (χ0v) is 22.7. The third kappa shape index (κ3) is 5.63. The fraction of sp³-hybridized carbons (Fsp3) is 0.690. The Bertz CT molecular complexity index is 1060. The molecule has 1 heterocycles. The quantitative estimate of drug-likeness (QED) is 0.196. The van der Waals surface area contributed by atoms with Gasteiger partial charge in [-0.1, -0.05) is 26.8 Å². The number of nitrogens with one attached hydrogen (secondary N) is 1. The molecule has 2 aliphatic carbocycles. The summed E-state index contributed by atoms with van der Waals surface area (Å²) in [6, 6.07) is 3.56. The Labute approximate surface area is 224 Å². The molecule has 2 saturated carbocycles. The van der Waals surface area contributed by atoms with Crippen LogP contribution in [0.25, 0.3) is 0 Å². The number of aliphatic hydroxyl groups is 1. The second kappa shape index (κ2) is 11.1. The second-order valence-corrected chi connectivity index (χ2v) is 12.1. The standard InChI is InChI=1S/C29H42N2O7/c1-28(2)25-19(10-12-29(25,28)3)11-15-38-27(37)20-6-5-14-31(20)24(35)7-4-13-30-26(36)23(34)17-18-8-9-21(32)22(33)16-18/h8-9,16,19-20,23,25,32-34H,4-7,10-15,17H2,1-3H3,(H,30,36). The lowest BCUT2D eigenvalue weighted by atomic mass is 9.88. The summed E-state index contributed by atoms with van der Waals surface area (Å²) in [5.41, 5.74) is 1.32. The van der Waals surface area contributed by atoms with Gasteiger partial charge in [-0.25, -0.2) is 4.79 Å². The number of ether oxygens (including phenoxy) is 1. The van der Waals surface area contributed by atoms with Gasteiger partial charge >= 0.3 is 5.97 Å². The number of rotatable bonds is 11. The highest BCUT2D eigenvalue weighted by molar-refractivity contribution is 5.85. The minimum Gasteiger partial charge on any atom is -0.504 e. The van der Waals surface area contributed by atoms with Gasteiger partial charge in [-0.3, -0.25) is 9.59 Å². The number of benzene rings is 1. The third-order valence-electron chi connectivity index (χ3n) is 9.57. The largest absolute Gasteiger partial charge is 0.504 e. The number of esters is 1. The zero-order valence-electron chi connectivity index (χ0n) is 22.7. The number of hydrogen-bond donors (Lipinski definition) is 4. The summed E-state index contributed by atoms with van der Waals surface area (Å²) in [6.07, 6.45) is 3.92. The first-order valence-corrected chi connectivity index (χ1v) is 13.9. The highest BCUT2D eigenvalue weighted by Crippen LogP contribution is 2.78. The van der Waals surface area contributed by atoms with Gasteiger partial charge in [0.25, 0.3) is 0 Å². The lowest BCUT2D eigenvalue weighted by Crippen LogP contribution is -2.42. The van der Waals surface area contributed by atoms with E-state index in [1.54, 1.807) is 4.90 Å². The number of phenolic OH excluding ortho intramolecular Hbond substituents is 2. The summed E-state index contributed by atoms with van der Waals surface area (Å²) in [5, 5.41) is 31.6. The maximum absolute atomic E-state index is 12.8. The Hall–Kier alpha value is -2.81. The van der Waals surface area contributed by atoms with Gasteiger partial charge in [-0.15, -0.1) is 0 Å². The van der Waals surface area contributed by atoms with Crippen LogP contribution < -0.4 is 5.32 Å².